The Morgan fingerprint density at radius 1 is 1.13 bits per heavy atom. The van der Waals surface area contributed by atoms with E-state index in [-0.39, 0.29) is 0 Å². The molecular formula is C13H25NO. The van der Waals surface area contributed by atoms with E-state index in [4.69, 9.17) is 4.74 Å². The Hall–Kier alpha value is -0.0800. The van der Waals surface area contributed by atoms with Crippen LogP contribution in [-0.2, 0) is 4.74 Å². The standard InChI is InChI=1S/C13H25NO/c1-10-3-7-12(8-4-10)14-13(9-15-2)11-5-6-11/h10-14H,3-9H2,1-2H3. The van der Waals surface area contributed by atoms with E-state index in [1.54, 1.807) is 0 Å². The normalized spacial score (nSPS) is 34.0. The van der Waals surface area contributed by atoms with Gasteiger partial charge in [-0.25, -0.2) is 0 Å². The molecule has 88 valence electrons. The third-order valence-corrected chi connectivity index (χ3v) is 4.00. The van der Waals surface area contributed by atoms with Crippen LogP contribution in [0.4, 0.5) is 0 Å². The van der Waals surface area contributed by atoms with Gasteiger partial charge in [0.05, 0.1) is 6.61 Å². The predicted molar refractivity (Wildman–Crippen MR) is 62.9 cm³/mol. The van der Waals surface area contributed by atoms with E-state index in [1.807, 2.05) is 7.11 Å². The minimum Gasteiger partial charge on any atom is -0.383 e. The fraction of sp³-hybridized carbons (Fsp3) is 1.00. The maximum Gasteiger partial charge on any atom is 0.0618 e. The predicted octanol–water partition coefficient (Wildman–Crippen LogP) is 2.58. The van der Waals surface area contributed by atoms with Crippen molar-refractivity contribution in [2.45, 2.75) is 57.5 Å². The number of rotatable bonds is 5. The molecule has 1 atom stereocenters. The van der Waals surface area contributed by atoms with E-state index < -0.39 is 0 Å². The van der Waals surface area contributed by atoms with Crippen LogP contribution in [0.15, 0.2) is 0 Å². The molecule has 2 aliphatic carbocycles. The Morgan fingerprint density at radius 2 is 1.80 bits per heavy atom. The molecule has 0 spiro atoms. The summed E-state index contributed by atoms with van der Waals surface area (Å²) in [6, 6.07) is 1.40. The first kappa shape index (κ1) is 11.4. The van der Waals surface area contributed by atoms with Crippen LogP contribution in [0.2, 0.25) is 0 Å². The van der Waals surface area contributed by atoms with Gasteiger partial charge in [0, 0.05) is 19.2 Å². The molecule has 0 bridgehead atoms. The number of hydrogen-bond donors (Lipinski definition) is 1. The molecule has 0 heterocycles. The van der Waals surface area contributed by atoms with Crippen molar-refractivity contribution in [1.29, 1.82) is 0 Å². The molecule has 15 heavy (non-hydrogen) atoms. The molecule has 2 fully saturated rings. The summed E-state index contributed by atoms with van der Waals surface area (Å²) in [4.78, 5) is 0. The molecule has 0 saturated heterocycles. The molecule has 0 amide bonds. The highest BCUT2D eigenvalue weighted by molar-refractivity contribution is 4.89. The molecule has 2 rings (SSSR count). The zero-order valence-corrected chi connectivity index (χ0v) is 10.2. The summed E-state index contributed by atoms with van der Waals surface area (Å²) in [5.74, 6) is 1.86. The molecule has 0 aromatic heterocycles. The molecule has 0 radical (unpaired) electrons. The largest absolute Gasteiger partial charge is 0.383 e. The third-order valence-electron chi connectivity index (χ3n) is 4.00. The van der Waals surface area contributed by atoms with E-state index in [1.165, 1.54) is 38.5 Å². The van der Waals surface area contributed by atoms with Crippen molar-refractivity contribution in [2.24, 2.45) is 11.8 Å². The van der Waals surface area contributed by atoms with Gasteiger partial charge in [-0.05, 0) is 50.4 Å². The van der Waals surface area contributed by atoms with Gasteiger partial charge >= 0.3 is 0 Å². The first-order chi connectivity index (χ1) is 7.29. The zero-order chi connectivity index (χ0) is 10.7. The van der Waals surface area contributed by atoms with Crippen LogP contribution in [0.25, 0.3) is 0 Å². The minimum absolute atomic E-state index is 0.633. The maximum atomic E-state index is 5.31. The fourth-order valence-electron chi connectivity index (χ4n) is 2.73. The van der Waals surface area contributed by atoms with Gasteiger partial charge in [-0.3, -0.25) is 0 Å². The van der Waals surface area contributed by atoms with Gasteiger partial charge in [0.25, 0.3) is 0 Å². The summed E-state index contributed by atoms with van der Waals surface area (Å²) in [6.45, 7) is 3.28. The van der Waals surface area contributed by atoms with Crippen LogP contribution >= 0.6 is 0 Å². The number of methoxy groups -OCH3 is 1. The van der Waals surface area contributed by atoms with Gasteiger partial charge in [0.2, 0.25) is 0 Å². The lowest BCUT2D eigenvalue weighted by molar-refractivity contribution is 0.143. The topological polar surface area (TPSA) is 21.3 Å². The van der Waals surface area contributed by atoms with Crippen LogP contribution in [0.3, 0.4) is 0 Å². The van der Waals surface area contributed by atoms with E-state index >= 15 is 0 Å². The van der Waals surface area contributed by atoms with Gasteiger partial charge in [0.15, 0.2) is 0 Å². The Balaban J connectivity index is 1.73. The second-order valence-electron chi connectivity index (χ2n) is 5.52. The summed E-state index contributed by atoms with van der Waals surface area (Å²) in [5, 5.41) is 3.81. The minimum atomic E-state index is 0.633. The summed E-state index contributed by atoms with van der Waals surface area (Å²) in [5.41, 5.74) is 0. The lowest BCUT2D eigenvalue weighted by Gasteiger charge is -2.30. The first-order valence-electron chi connectivity index (χ1n) is 6.54. The number of ether oxygens (including phenoxy) is 1. The second-order valence-corrected chi connectivity index (χ2v) is 5.52. The van der Waals surface area contributed by atoms with Crippen molar-refractivity contribution in [3.05, 3.63) is 0 Å². The van der Waals surface area contributed by atoms with Crippen LogP contribution < -0.4 is 5.32 Å². The van der Waals surface area contributed by atoms with E-state index in [0.29, 0.717) is 6.04 Å². The van der Waals surface area contributed by atoms with E-state index in [0.717, 1.165) is 24.5 Å². The van der Waals surface area contributed by atoms with Crippen molar-refractivity contribution in [3.63, 3.8) is 0 Å². The molecule has 1 unspecified atom stereocenters. The van der Waals surface area contributed by atoms with Gasteiger partial charge < -0.3 is 10.1 Å². The highest BCUT2D eigenvalue weighted by Crippen LogP contribution is 2.34. The smallest absolute Gasteiger partial charge is 0.0618 e. The van der Waals surface area contributed by atoms with Crippen molar-refractivity contribution in [1.82, 2.24) is 5.32 Å². The van der Waals surface area contributed by atoms with Gasteiger partial charge in [0.1, 0.15) is 0 Å². The van der Waals surface area contributed by atoms with Crippen molar-refractivity contribution < 1.29 is 4.74 Å². The quantitative estimate of drug-likeness (QED) is 0.754. The highest BCUT2D eigenvalue weighted by Gasteiger charge is 2.32. The van der Waals surface area contributed by atoms with Crippen molar-refractivity contribution in [3.8, 4) is 0 Å². The van der Waals surface area contributed by atoms with Crippen LogP contribution in [-0.4, -0.2) is 25.8 Å². The van der Waals surface area contributed by atoms with E-state index in [9.17, 15) is 0 Å². The lowest BCUT2D eigenvalue weighted by Crippen LogP contribution is -2.43. The van der Waals surface area contributed by atoms with Crippen molar-refractivity contribution in [2.75, 3.05) is 13.7 Å². The Morgan fingerprint density at radius 3 is 2.33 bits per heavy atom. The summed E-state index contributed by atoms with van der Waals surface area (Å²) in [6.07, 6.45) is 8.36. The molecule has 1 N–H and O–H groups in total. The summed E-state index contributed by atoms with van der Waals surface area (Å²) in [7, 11) is 1.82. The van der Waals surface area contributed by atoms with Crippen LogP contribution in [0.5, 0.6) is 0 Å². The summed E-state index contributed by atoms with van der Waals surface area (Å²) >= 11 is 0. The molecule has 2 heteroatoms. The van der Waals surface area contributed by atoms with E-state index in [2.05, 4.69) is 12.2 Å². The Kier molecular flexibility index (Phi) is 4.04. The van der Waals surface area contributed by atoms with Crippen LogP contribution in [0, 0.1) is 11.8 Å². The van der Waals surface area contributed by atoms with Crippen molar-refractivity contribution >= 4 is 0 Å². The average molecular weight is 211 g/mol. The Labute approximate surface area is 93.8 Å². The zero-order valence-electron chi connectivity index (χ0n) is 10.2. The maximum absolute atomic E-state index is 5.31. The highest BCUT2D eigenvalue weighted by atomic mass is 16.5. The lowest BCUT2D eigenvalue weighted by atomic mass is 9.87. The van der Waals surface area contributed by atoms with Gasteiger partial charge in [-0.2, -0.15) is 0 Å². The SMILES string of the molecule is COCC(NC1CCC(C)CC1)C1CC1. The molecule has 2 nitrogen and oxygen atoms in total. The van der Waals surface area contributed by atoms with Crippen LogP contribution in [0.1, 0.15) is 45.4 Å². The Bertz CT molecular complexity index is 183. The molecule has 2 saturated carbocycles. The average Bonchev–Trinajstić information content (AvgIpc) is 3.04. The number of nitrogens with one attached hydrogen (secondary N) is 1. The molecule has 0 aromatic rings. The third kappa shape index (κ3) is 3.46. The number of hydrogen-bond acceptors (Lipinski definition) is 2. The molecule has 0 aromatic carbocycles. The molecule has 0 aliphatic heterocycles. The van der Waals surface area contributed by atoms with Gasteiger partial charge in [-0.1, -0.05) is 6.92 Å². The van der Waals surface area contributed by atoms with Gasteiger partial charge in [-0.15, -0.1) is 0 Å². The molecular weight excluding hydrogens is 186 g/mol. The first-order valence-corrected chi connectivity index (χ1v) is 6.54. The summed E-state index contributed by atoms with van der Waals surface area (Å²) < 4.78 is 5.31. The fourth-order valence-corrected chi connectivity index (χ4v) is 2.73. The monoisotopic (exact) mass is 211 g/mol. The second kappa shape index (κ2) is 5.31. The molecule has 2 aliphatic rings.